The summed E-state index contributed by atoms with van der Waals surface area (Å²) >= 11 is 12.1. The summed E-state index contributed by atoms with van der Waals surface area (Å²) in [4.78, 5) is 28.1. The highest BCUT2D eigenvalue weighted by Crippen LogP contribution is 2.26. The average molecular weight is 577 g/mol. The van der Waals surface area contributed by atoms with Crippen molar-refractivity contribution in [2.75, 3.05) is 10.8 Å². The number of anilines is 1. The third-order valence-corrected chi connectivity index (χ3v) is 8.09. The molecule has 38 heavy (non-hydrogen) atoms. The Morgan fingerprint density at radius 2 is 1.55 bits per heavy atom. The minimum absolute atomic E-state index is 0.0109. The van der Waals surface area contributed by atoms with Gasteiger partial charge in [0, 0.05) is 22.6 Å². The second-order valence-corrected chi connectivity index (χ2v) is 12.0. The standard InChI is InChI=1S/C28H31Cl2N3O4S/c1-19(2)31-28(35)21(4)32(17-22-8-6-9-24(30)16-22)27(34)18-33(25-10-5-7-20(3)15-25)38(36,37)26-13-11-23(29)12-14-26/h5-16,19,21H,17-18H2,1-4H3,(H,31,35)/t21-/m1/s1. The van der Waals surface area contributed by atoms with E-state index in [1.807, 2.05) is 26.8 Å². The lowest BCUT2D eigenvalue weighted by atomic mass is 10.1. The SMILES string of the molecule is Cc1cccc(N(CC(=O)N(Cc2cccc(Cl)c2)[C@H](C)C(=O)NC(C)C)S(=O)(=O)c2ccc(Cl)cc2)c1. The van der Waals surface area contributed by atoms with Crippen LogP contribution in [0.2, 0.25) is 10.0 Å². The Hall–Kier alpha value is -3.07. The number of aryl methyl sites for hydroxylation is 1. The van der Waals surface area contributed by atoms with E-state index >= 15 is 0 Å². The highest BCUT2D eigenvalue weighted by atomic mass is 35.5. The van der Waals surface area contributed by atoms with Crippen LogP contribution < -0.4 is 9.62 Å². The molecule has 0 unspecified atom stereocenters. The predicted molar refractivity (Wildman–Crippen MR) is 152 cm³/mol. The molecule has 7 nitrogen and oxygen atoms in total. The van der Waals surface area contributed by atoms with Gasteiger partial charge in [-0.25, -0.2) is 8.42 Å². The van der Waals surface area contributed by atoms with E-state index in [9.17, 15) is 18.0 Å². The summed E-state index contributed by atoms with van der Waals surface area (Å²) in [5.41, 5.74) is 1.86. The van der Waals surface area contributed by atoms with Crippen LogP contribution in [0.1, 0.15) is 31.9 Å². The predicted octanol–water partition coefficient (Wildman–Crippen LogP) is 5.44. The van der Waals surface area contributed by atoms with Crippen molar-refractivity contribution in [2.24, 2.45) is 0 Å². The van der Waals surface area contributed by atoms with Crippen molar-refractivity contribution in [2.45, 2.75) is 51.2 Å². The molecule has 202 valence electrons. The summed E-state index contributed by atoms with van der Waals surface area (Å²) in [6.45, 7) is 6.65. The maximum absolute atomic E-state index is 13.9. The first-order valence-electron chi connectivity index (χ1n) is 12.1. The van der Waals surface area contributed by atoms with Crippen LogP contribution in [-0.4, -0.2) is 43.8 Å². The second kappa shape index (κ2) is 12.7. The van der Waals surface area contributed by atoms with Crippen LogP contribution >= 0.6 is 23.2 Å². The fourth-order valence-corrected chi connectivity index (χ4v) is 5.61. The van der Waals surface area contributed by atoms with Gasteiger partial charge in [-0.2, -0.15) is 0 Å². The maximum Gasteiger partial charge on any atom is 0.264 e. The lowest BCUT2D eigenvalue weighted by Crippen LogP contribution is -2.52. The van der Waals surface area contributed by atoms with E-state index in [0.717, 1.165) is 9.87 Å². The quantitative estimate of drug-likeness (QED) is 0.348. The molecular weight excluding hydrogens is 545 g/mol. The van der Waals surface area contributed by atoms with E-state index in [1.54, 1.807) is 49.4 Å². The van der Waals surface area contributed by atoms with Gasteiger partial charge in [-0.1, -0.05) is 47.5 Å². The number of nitrogens with one attached hydrogen (secondary N) is 1. The molecule has 0 saturated carbocycles. The lowest BCUT2D eigenvalue weighted by Gasteiger charge is -2.32. The smallest absolute Gasteiger partial charge is 0.264 e. The molecule has 0 aromatic heterocycles. The topological polar surface area (TPSA) is 86.8 Å². The average Bonchev–Trinajstić information content (AvgIpc) is 2.85. The zero-order valence-electron chi connectivity index (χ0n) is 21.7. The molecule has 0 aliphatic rings. The molecule has 0 aliphatic carbocycles. The van der Waals surface area contributed by atoms with Gasteiger partial charge in [-0.05, 0) is 87.4 Å². The van der Waals surface area contributed by atoms with Gasteiger partial charge in [0.2, 0.25) is 11.8 Å². The van der Waals surface area contributed by atoms with Crippen molar-refractivity contribution in [3.8, 4) is 0 Å². The van der Waals surface area contributed by atoms with Gasteiger partial charge in [0.15, 0.2) is 0 Å². The first-order chi connectivity index (χ1) is 17.9. The Bertz CT molecular complexity index is 1400. The molecule has 0 spiro atoms. The van der Waals surface area contributed by atoms with Crippen molar-refractivity contribution < 1.29 is 18.0 Å². The summed E-state index contributed by atoms with van der Waals surface area (Å²) in [6.07, 6.45) is 0. The first-order valence-corrected chi connectivity index (χ1v) is 14.3. The molecule has 0 bridgehead atoms. The number of halogens is 2. The zero-order chi connectivity index (χ0) is 28.0. The van der Waals surface area contributed by atoms with Crippen LogP contribution in [0.15, 0.2) is 77.7 Å². The number of benzene rings is 3. The van der Waals surface area contributed by atoms with Crippen LogP contribution in [0, 0.1) is 6.92 Å². The molecule has 3 aromatic rings. The van der Waals surface area contributed by atoms with Gasteiger partial charge in [0.1, 0.15) is 12.6 Å². The molecular formula is C28H31Cl2N3O4S. The lowest BCUT2D eigenvalue weighted by molar-refractivity contribution is -0.139. The number of rotatable bonds is 10. The van der Waals surface area contributed by atoms with Gasteiger partial charge in [0.25, 0.3) is 10.0 Å². The third-order valence-electron chi connectivity index (χ3n) is 5.81. The Kier molecular flexibility index (Phi) is 9.82. The molecule has 3 rings (SSSR count). The van der Waals surface area contributed by atoms with Crippen LogP contribution in [0.25, 0.3) is 0 Å². The van der Waals surface area contributed by atoms with Crippen molar-refractivity contribution in [1.82, 2.24) is 10.2 Å². The minimum Gasteiger partial charge on any atom is -0.352 e. The summed E-state index contributed by atoms with van der Waals surface area (Å²) in [7, 11) is -4.16. The van der Waals surface area contributed by atoms with Crippen molar-refractivity contribution in [3.63, 3.8) is 0 Å². The van der Waals surface area contributed by atoms with E-state index in [4.69, 9.17) is 23.2 Å². The monoisotopic (exact) mass is 575 g/mol. The van der Waals surface area contributed by atoms with Gasteiger partial charge >= 0.3 is 0 Å². The maximum atomic E-state index is 13.9. The Balaban J connectivity index is 2.03. The summed E-state index contributed by atoms with van der Waals surface area (Å²) < 4.78 is 28.6. The van der Waals surface area contributed by atoms with E-state index in [-0.39, 0.29) is 23.4 Å². The largest absolute Gasteiger partial charge is 0.352 e. The first kappa shape index (κ1) is 29.5. The number of nitrogens with zero attached hydrogens (tertiary/aromatic N) is 2. The normalized spacial score (nSPS) is 12.2. The van der Waals surface area contributed by atoms with Crippen LogP contribution in [0.3, 0.4) is 0 Å². The van der Waals surface area contributed by atoms with Crippen molar-refractivity contribution in [3.05, 3.63) is 94.0 Å². The fraction of sp³-hybridized carbons (Fsp3) is 0.286. The molecule has 0 radical (unpaired) electrons. The highest BCUT2D eigenvalue weighted by molar-refractivity contribution is 7.92. The van der Waals surface area contributed by atoms with Crippen LogP contribution in [-0.2, 0) is 26.2 Å². The van der Waals surface area contributed by atoms with E-state index in [2.05, 4.69) is 5.32 Å². The number of carbonyl (C=O) groups excluding carboxylic acids is 2. The molecule has 0 fully saturated rings. The third kappa shape index (κ3) is 7.49. The minimum atomic E-state index is -4.16. The van der Waals surface area contributed by atoms with Crippen LogP contribution in [0.5, 0.6) is 0 Å². The van der Waals surface area contributed by atoms with Gasteiger partial charge in [-0.15, -0.1) is 0 Å². The number of hydrogen-bond acceptors (Lipinski definition) is 4. The Labute approximate surface area is 234 Å². The molecule has 0 aliphatic heterocycles. The molecule has 1 N–H and O–H groups in total. The van der Waals surface area contributed by atoms with Gasteiger partial charge in [0.05, 0.1) is 10.6 Å². The van der Waals surface area contributed by atoms with Crippen molar-refractivity contribution >= 4 is 50.7 Å². The van der Waals surface area contributed by atoms with E-state index in [0.29, 0.717) is 21.3 Å². The summed E-state index contributed by atoms with van der Waals surface area (Å²) in [6, 6.07) is 18.6. The second-order valence-electron chi connectivity index (χ2n) is 9.30. The molecule has 3 aromatic carbocycles. The highest BCUT2D eigenvalue weighted by Gasteiger charge is 2.32. The van der Waals surface area contributed by atoms with Gasteiger partial charge in [-0.3, -0.25) is 13.9 Å². The van der Waals surface area contributed by atoms with Crippen molar-refractivity contribution in [1.29, 1.82) is 0 Å². The molecule has 1 atom stereocenters. The molecule has 2 amide bonds. The van der Waals surface area contributed by atoms with E-state index in [1.165, 1.54) is 29.2 Å². The number of hydrogen-bond donors (Lipinski definition) is 1. The summed E-state index contributed by atoms with van der Waals surface area (Å²) in [5.74, 6) is -0.895. The molecule has 0 heterocycles. The van der Waals surface area contributed by atoms with Gasteiger partial charge < -0.3 is 10.2 Å². The number of sulfonamides is 1. The summed E-state index contributed by atoms with van der Waals surface area (Å²) in [5, 5.41) is 3.70. The van der Waals surface area contributed by atoms with E-state index < -0.39 is 28.5 Å². The fourth-order valence-electron chi connectivity index (χ4n) is 3.87. The molecule has 10 heteroatoms. The molecule has 0 saturated heterocycles. The zero-order valence-corrected chi connectivity index (χ0v) is 24.0. The van der Waals surface area contributed by atoms with Crippen LogP contribution in [0.4, 0.5) is 5.69 Å². The Morgan fingerprint density at radius 3 is 2.16 bits per heavy atom. The Morgan fingerprint density at radius 1 is 0.895 bits per heavy atom. The number of carbonyl (C=O) groups is 2. The number of amides is 2.